The van der Waals surface area contributed by atoms with Crippen molar-refractivity contribution in [3.8, 4) is 0 Å². The molecular weight excluding hydrogens is 636 g/mol. The van der Waals surface area contributed by atoms with E-state index in [1.54, 1.807) is 19.1 Å². The number of amides is 3. The van der Waals surface area contributed by atoms with E-state index < -0.39 is 63.6 Å². The Kier molecular flexibility index (Phi) is 9.27. The van der Waals surface area contributed by atoms with Crippen LogP contribution in [0.3, 0.4) is 0 Å². The molecule has 1 aliphatic rings. The summed E-state index contributed by atoms with van der Waals surface area (Å²) in [6.07, 6.45) is -9.81. The zero-order valence-corrected chi connectivity index (χ0v) is 24.8. The quantitative estimate of drug-likeness (QED) is 0.288. The van der Waals surface area contributed by atoms with Gasteiger partial charge in [0, 0.05) is 25.0 Å². The Hall–Kier alpha value is -3.78. The fraction of sp³-hybridized carbons (Fsp3) is 0.310. The molecule has 0 saturated carbocycles. The molecule has 0 fully saturated rings. The summed E-state index contributed by atoms with van der Waals surface area (Å²) >= 11 is 6.21. The third-order valence-corrected chi connectivity index (χ3v) is 8.65. The third-order valence-electron chi connectivity index (χ3n) is 7.08. The molecule has 0 spiro atoms. The number of nitrogens with one attached hydrogen (secondary N) is 1. The van der Waals surface area contributed by atoms with Gasteiger partial charge in [-0.25, -0.2) is 17.9 Å². The van der Waals surface area contributed by atoms with Crippen LogP contribution in [0.5, 0.6) is 0 Å². The van der Waals surface area contributed by atoms with E-state index in [-0.39, 0.29) is 41.1 Å². The highest BCUT2D eigenvalue weighted by Crippen LogP contribution is 2.41. The number of benzene rings is 3. The predicted octanol–water partition coefficient (Wildman–Crippen LogP) is 7.47. The normalized spacial score (nSPS) is 15.8. The van der Waals surface area contributed by atoms with Gasteiger partial charge in [0.05, 0.1) is 27.8 Å². The minimum absolute atomic E-state index is 0.00566. The number of carbonyl (C=O) groups excluding carboxylic acids is 2. The average Bonchev–Trinajstić information content (AvgIpc) is 3.09. The molecule has 3 aromatic rings. The monoisotopic (exact) mass is 661 g/mol. The molecule has 15 heteroatoms. The van der Waals surface area contributed by atoms with Crippen molar-refractivity contribution in [2.45, 2.75) is 56.5 Å². The second kappa shape index (κ2) is 12.3. The molecule has 1 N–H and O–H groups in total. The van der Waals surface area contributed by atoms with Gasteiger partial charge in [0.2, 0.25) is 5.91 Å². The van der Waals surface area contributed by atoms with Crippen LogP contribution in [0.2, 0.25) is 5.02 Å². The molecule has 1 unspecified atom stereocenters. The van der Waals surface area contributed by atoms with Gasteiger partial charge in [0.1, 0.15) is 0 Å². The van der Waals surface area contributed by atoms with Gasteiger partial charge in [0.25, 0.3) is 10.0 Å². The van der Waals surface area contributed by atoms with Crippen molar-refractivity contribution in [3.05, 3.63) is 93.5 Å². The second-order valence-corrected chi connectivity index (χ2v) is 12.4. The van der Waals surface area contributed by atoms with Crippen LogP contribution in [0.15, 0.2) is 65.6 Å². The van der Waals surface area contributed by atoms with E-state index in [1.165, 1.54) is 30.3 Å². The highest BCUT2D eigenvalue weighted by Gasteiger charge is 2.38. The summed E-state index contributed by atoms with van der Waals surface area (Å²) in [5.74, 6) is -0.651. The Bertz CT molecular complexity index is 1650. The van der Waals surface area contributed by atoms with E-state index in [9.17, 15) is 44.3 Å². The number of carbonyl (C=O) groups is 2. The van der Waals surface area contributed by atoms with Crippen molar-refractivity contribution >= 4 is 39.2 Å². The summed E-state index contributed by atoms with van der Waals surface area (Å²) in [5, 5.41) is 0.158. The summed E-state index contributed by atoms with van der Waals surface area (Å²) in [7, 11) is -4.29. The van der Waals surface area contributed by atoms with E-state index in [2.05, 4.69) is 0 Å². The van der Waals surface area contributed by atoms with Crippen LogP contribution < -0.4 is 9.62 Å². The maximum Gasteiger partial charge on any atom is 0.416 e. The van der Waals surface area contributed by atoms with Gasteiger partial charge in [0.15, 0.2) is 0 Å². The van der Waals surface area contributed by atoms with Crippen molar-refractivity contribution in [1.82, 2.24) is 9.62 Å². The number of urea groups is 1. The predicted molar refractivity (Wildman–Crippen MR) is 150 cm³/mol. The molecule has 0 aliphatic carbocycles. The number of hydrogen-bond donors (Lipinski definition) is 1. The molecule has 1 heterocycles. The number of nitrogens with zero attached hydrogens (tertiary/aromatic N) is 2. The van der Waals surface area contributed by atoms with E-state index in [1.807, 2.05) is 4.72 Å². The summed E-state index contributed by atoms with van der Waals surface area (Å²) in [4.78, 5) is 28.3. The van der Waals surface area contributed by atoms with E-state index >= 15 is 0 Å². The topological polar surface area (TPSA) is 86.8 Å². The van der Waals surface area contributed by atoms with E-state index in [4.69, 9.17) is 11.6 Å². The maximum absolute atomic E-state index is 13.5. The van der Waals surface area contributed by atoms with Gasteiger partial charge in [-0.2, -0.15) is 26.3 Å². The standard InChI is InChI=1S/C29H26ClF6N3O4S/c1-17-5-8-23(9-6-17)44(42,43)37-27(41)38-11-3-4-25(24-10-7-22(30)15-26(24)38)39(18(2)40)16-19-12-20(28(31,32)33)14-21(13-19)29(34,35)36/h5-10,12-15,25H,3-4,11,16H2,1-2H3,(H,37,41). The number of sulfonamides is 1. The lowest BCUT2D eigenvalue weighted by Gasteiger charge is -2.32. The first-order valence-corrected chi connectivity index (χ1v) is 15.0. The number of rotatable bonds is 5. The van der Waals surface area contributed by atoms with Crippen LogP contribution in [-0.4, -0.2) is 31.8 Å². The lowest BCUT2D eigenvalue weighted by atomic mass is 9.98. The molecule has 0 bridgehead atoms. The number of hydrogen-bond acceptors (Lipinski definition) is 4. The first-order valence-electron chi connectivity index (χ1n) is 13.1. The molecule has 3 aromatic carbocycles. The van der Waals surface area contributed by atoms with E-state index in [0.717, 1.165) is 22.3 Å². The van der Waals surface area contributed by atoms with Crippen LogP contribution >= 0.6 is 11.6 Å². The van der Waals surface area contributed by atoms with Crippen LogP contribution in [0.4, 0.5) is 36.8 Å². The van der Waals surface area contributed by atoms with Crippen LogP contribution in [0.25, 0.3) is 0 Å². The molecule has 1 atom stereocenters. The molecule has 236 valence electrons. The summed E-state index contributed by atoms with van der Waals surface area (Å²) in [6, 6.07) is 9.27. The number of fused-ring (bicyclic) bond motifs is 1. The number of alkyl halides is 6. The first-order chi connectivity index (χ1) is 20.4. The third kappa shape index (κ3) is 7.46. The van der Waals surface area contributed by atoms with Gasteiger partial charge < -0.3 is 4.90 Å². The largest absolute Gasteiger partial charge is 0.416 e. The Labute approximate surface area is 254 Å². The lowest BCUT2D eigenvalue weighted by Crippen LogP contribution is -2.43. The van der Waals surface area contributed by atoms with Crippen molar-refractivity contribution in [2.24, 2.45) is 0 Å². The molecule has 4 rings (SSSR count). The molecule has 3 amide bonds. The fourth-order valence-electron chi connectivity index (χ4n) is 4.98. The van der Waals surface area contributed by atoms with Gasteiger partial charge in [-0.15, -0.1) is 0 Å². The van der Waals surface area contributed by atoms with Gasteiger partial charge in [-0.1, -0.05) is 35.4 Å². The summed E-state index contributed by atoms with van der Waals surface area (Å²) < 4.78 is 109. The van der Waals surface area contributed by atoms with Crippen LogP contribution in [0.1, 0.15) is 53.6 Å². The second-order valence-electron chi connectivity index (χ2n) is 10.3. The molecule has 0 radical (unpaired) electrons. The number of aryl methyl sites for hydroxylation is 1. The zero-order valence-electron chi connectivity index (χ0n) is 23.3. The summed E-state index contributed by atoms with van der Waals surface area (Å²) in [6.45, 7) is 2.24. The molecular formula is C29H26ClF6N3O4S. The minimum Gasteiger partial charge on any atom is -0.331 e. The lowest BCUT2D eigenvalue weighted by molar-refractivity contribution is -0.143. The Morgan fingerprint density at radius 1 is 0.955 bits per heavy atom. The van der Waals surface area contributed by atoms with Crippen molar-refractivity contribution in [1.29, 1.82) is 0 Å². The van der Waals surface area contributed by atoms with E-state index in [0.29, 0.717) is 17.7 Å². The Morgan fingerprint density at radius 2 is 1.55 bits per heavy atom. The molecule has 0 aromatic heterocycles. The van der Waals surface area contributed by atoms with Gasteiger partial charge >= 0.3 is 18.4 Å². The fourth-order valence-corrected chi connectivity index (χ4v) is 6.10. The number of halogens is 7. The average molecular weight is 662 g/mol. The smallest absolute Gasteiger partial charge is 0.331 e. The minimum atomic E-state index is -5.07. The molecule has 0 saturated heterocycles. The highest BCUT2D eigenvalue weighted by molar-refractivity contribution is 7.90. The Balaban J connectivity index is 1.72. The maximum atomic E-state index is 13.5. The molecule has 44 heavy (non-hydrogen) atoms. The van der Waals surface area contributed by atoms with Crippen LogP contribution in [-0.2, 0) is 33.7 Å². The SMILES string of the molecule is CC(=O)N(Cc1cc(C(F)(F)F)cc(C(F)(F)F)c1)C1CCCN(C(=O)NS(=O)(=O)c2ccc(C)cc2)c2cc(Cl)ccc21. The Morgan fingerprint density at radius 3 is 2.09 bits per heavy atom. The van der Waals surface area contributed by atoms with Crippen molar-refractivity contribution in [3.63, 3.8) is 0 Å². The molecule has 1 aliphatic heterocycles. The van der Waals surface area contributed by atoms with Crippen LogP contribution in [0, 0.1) is 6.92 Å². The summed E-state index contributed by atoms with van der Waals surface area (Å²) in [5.41, 5.74) is -2.21. The van der Waals surface area contributed by atoms with Gasteiger partial charge in [-0.3, -0.25) is 9.69 Å². The van der Waals surface area contributed by atoms with Gasteiger partial charge in [-0.05, 0) is 73.4 Å². The number of anilines is 1. The zero-order chi connectivity index (χ0) is 32.6. The van der Waals surface area contributed by atoms with Crippen molar-refractivity contribution < 1.29 is 44.3 Å². The molecule has 7 nitrogen and oxygen atoms in total. The first kappa shape index (κ1) is 33.1. The highest BCUT2D eigenvalue weighted by atomic mass is 35.5. The van der Waals surface area contributed by atoms with Crippen molar-refractivity contribution in [2.75, 3.05) is 11.4 Å².